The van der Waals surface area contributed by atoms with Crippen molar-refractivity contribution in [1.29, 1.82) is 0 Å². The van der Waals surface area contributed by atoms with Crippen LogP contribution in [0.1, 0.15) is 63.1 Å². The number of fused-ring (bicyclic) bond motifs is 3. The number of halogens is 1. The van der Waals surface area contributed by atoms with Gasteiger partial charge in [0.2, 0.25) is 11.9 Å². The largest absolute Gasteiger partial charge is 0.339 e. The minimum absolute atomic E-state index is 0.255. The quantitative estimate of drug-likeness (QED) is 0.588. The van der Waals surface area contributed by atoms with Crippen molar-refractivity contribution in [3.63, 3.8) is 0 Å². The Kier molecular flexibility index (Phi) is 5.17. The summed E-state index contributed by atoms with van der Waals surface area (Å²) in [6.45, 7) is 3.03. The van der Waals surface area contributed by atoms with Gasteiger partial charge < -0.3 is 9.80 Å². The number of nitrogens with zero attached hydrogens (tertiary/aromatic N) is 6. The molecule has 8 heteroatoms. The van der Waals surface area contributed by atoms with Gasteiger partial charge in [0, 0.05) is 48.4 Å². The smallest absolute Gasteiger partial charge is 0.225 e. The predicted molar refractivity (Wildman–Crippen MR) is 125 cm³/mol. The van der Waals surface area contributed by atoms with Crippen LogP contribution in [0.25, 0.3) is 16.6 Å². The number of carbonyl (C=O) groups excluding carboxylic acids is 1. The van der Waals surface area contributed by atoms with Crippen molar-refractivity contribution in [3.8, 4) is 0 Å². The van der Waals surface area contributed by atoms with Crippen LogP contribution in [0.15, 0.2) is 18.2 Å². The van der Waals surface area contributed by atoms with Gasteiger partial charge in [0.25, 0.3) is 0 Å². The van der Waals surface area contributed by atoms with Crippen molar-refractivity contribution in [2.75, 3.05) is 31.1 Å². The number of rotatable bonds is 3. The van der Waals surface area contributed by atoms with E-state index in [4.69, 9.17) is 16.6 Å². The Balaban J connectivity index is 1.39. The van der Waals surface area contributed by atoms with Crippen molar-refractivity contribution in [3.05, 3.63) is 29.0 Å². The molecule has 2 saturated carbocycles. The van der Waals surface area contributed by atoms with Crippen molar-refractivity contribution >= 4 is 40.0 Å². The molecule has 32 heavy (non-hydrogen) atoms. The highest BCUT2D eigenvalue weighted by Crippen LogP contribution is 2.35. The number of anilines is 1. The molecule has 0 radical (unpaired) electrons. The molecule has 2 aromatic heterocycles. The van der Waals surface area contributed by atoms with Gasteiger partial charge in [-0.25, -0.2) is 9.38 Å². The third-order valence-corrected chi connectivity index (χ3v) is 7.84. The number of aromatic nitrogens is 4. The molecular formula is C24H29ClN6O. The van der Waals surface area contributed by atoms with Gasteiger partial charge in [0.05, 0.1) is 5.52 Å². The molecule has 0 spiro atoms. The van der Waals surface area contributed by atoms with Crippen LogP contribution in [0.4, 0.5) is 5.95 Å². The fourth-order valence-electron chi connectivity index (χ4n) is 5.49. The minimum Gasteiger partial charge on any atom is -0.339 e. The Morgan fingerprint density at radius 2 is 1.72 bits per heavy atom. The summed E-state index contributed by atoms with van der Waals surface area (Å²) in [7, 11) is 0. The van der Waals surface area contributed by atoms with Crippen molar-refractivity contribution in [2.24, 2.45) is 5.92 Å². The second-order valence-electron chi connectivity index (χ2n) is 9.57. The van der Waals surface area contributed by atoms with E-state index in [-0.39, 0.29) is 5.92 Å². The third-order valence-electron chi connectivity index (χ3n) is 7.61. The van der Waals surface area contributed by atoms with E-state index in [1.807, 2.05) is 23.1 Å². The summed E-state index contributed by atoms with van der Waals surface area (Å²) in [5, 5.41) is 11.0. The zero-order chi connectivity index (χ0) is 21.7. The first-order valence-electron chi connectivity index (χ1n) is 12.1. The number of hydrogen-bond donors (Lipinski definition) is 0. The Hall–Kier alpha value is -2.41. The Bertz CT molecular complexity index is 1160. The molecule has 7 nitrogen and oxygen atoms in total. The Labute approximate surface area is 192 Å². The molecule has 168 valence electrons. The van der Waals surface area contributed by atoms with Crippen LogP contribution in [-0.2, 0) is 4.79 Å². The molecule has 3 aliphatic rings. The lowest BCUT2D eigenvalue weighted by Gasteiger charge is -2.38. The highest BCUT2D eigenvalue weighted by atomic mass is 35.5. The molecule has 1 aliphatic heterocycles. The number of amides is 1. The number of benzene rings is 1. The highest BCUT2D eigenvalue weighted by Gasteiger charge is 2.32. The maximum Gasteiger partial charge on any atom is 0.225 e. The predicted octanol–water partition coefficient (Wildman–Crippen LogP) is 4.43. The van der Waals surface area contributed by atoms with Gasteiger partial charge in [-0.15, -0.1) is 10.2 Å². The summed E-state index contributed by atoms with van der Waals surface area (Å²) in [5.74, 6) is 2.94. The van der Waals surface area contributed by atoms with Gasteiger partial charge in [-0.3, -0.25) is 4.79 Å². The van der Waals surface area contributed by atoms with Crippen molar-refractivity contribution in [1.82, 2.24) is 24.5 Å². The van der Waals surface area contributed by atoms with Gasteiger partial charge in [-0.1, -0.05) is 37.3 Å². The van der Waals surface area contributed by atoms with Gasteiger partial charge in [-0.05, 0) is 43.9 Å². The van der Waals surface area contributed by atoms with Gasteiger partial charge in [0.1, 0.15) is 5.82 Å². The lowest BCUT2D eigenvalue weighted by Crippen LogP contribution is -2.51. The van der Waals surface area contributed by atoms with E-state index in [1.54, 1.807) is 0 Å². The summed E-state index contributed by atoms with van der Waals surface area (Å²) in [5.41, 5.74) is 1.70. The fraction of sp³-hybridized carbons (Fsp3) is 0.583. The van der Waals surface area contributed by atoms with E-state index in [0.717, 1.165) is 80.2 Å². The number of hydrogen-bond acceptors (Lipinski definition) is 5. The van der Waals surface area contributed by atoms with Gasteiger partial charge >= 0.3 is 0 Å². The first kappa shape index (κ1) is 20.2. The standard InChI is InChI=1S/C24H29ClN6O/c25-18-9-10-19-20(15-18)26-24(30-13-11-29(12-14-30)23(32)17-7-4-8-17)31-21(27-28-22(19)31)16-5-2-1-3-6-16/h9-10,15-17H,1-8,11-14H2. The van der Waals surface area contributed by atoms with Crippen molar-refractivity contribution < 1.29 is 4.79 Å². The summed E-state index contributed by atoms with van der Waals surface area (Å²) in [4.78, 5) is 22.1. The molecule has 0 N–H and O–H groups in total. The third kappa shape index (κ3) is 3.41. The molecule has 1 aromatic carbocycles. The minimum atomic E-state index is 0.255. The lowest BCUT2D eigenvalue weighted by atomic mass is 9.84. The van der Waals surface area contributed by atoms with E-state index in [2.05, 4.69) is 19.5 Å². The van der Waals surface area contributed by atoms with Crippen LogP contribution >= 0.6 is 11.6 Å². The van der Waals surface area contributed by atoms with Crippen LogP contribution in [0.5, 0.6) is 0 Å². The SMILES string of the molecule is O=C(C1CCC1)N1CCN(c2nc3cc(Cl)ccc3c3nnc(C4CCCCC4)n23)CC1. The van der Waals surface area contributed by atoms with Crippen LogP contribution in [0, 0.1) is 5.92 Å². The van der Waals surface area contributed by atoms with E-state index in [1.165, 1.54) is 25.7 Å². The summed E-state index contributed by atoms with van der Waals surface area (Å²) < 4.78 is 2.19. The topological polar surface area (TPSA) is 66.6 Å². The average molecular weight is 453 g/mol. The van der Waals surface area contributed by atoms with Crippen LogP contribution in [-0.4, -0.2) is 56.6 Å². The molecule has 1 amide bonds. The molecule has 6 rings (SSSR count). The molecule has 0 atom stereocenters. The average Bonchev–Trinajstić information content (AvgIpc) is 3.23. The summed E-state index contributed by atoms with van der Waals surface area (Å²) >= 11 is 6.30. The zero-order valence-corrected chi connectivity index (χ0v) is 19.1. The molecule has 3 aromatic rings. The summed E-state index contributed by atoms with van der Waals surface area (Å²) in [6.07, 6.45) is 9.40. The number of carbonyl (C=O) groups is 1. The van der Waals surface area contributed by atoms with Crippen LogP contribution in [0.2, 0.25) is 5.02 Å². The van der Waals surface area contributed by atoms with Crippen molar-refractivity contribution in [2.45, 2.75) is 57.3 Å². The molecule has 0 bridgehead atoms. The Morgan fingerprint density at radius 3 is 2.44 bits per heavy atom. The summed E-state index contributed by atoms with van der Waals surface area (Å²) in [6, 6.07) is 5.80. The van der Waals surface area contributed by atoms with Gasteiger partial charge in [0.15, 0.2) is 5.65 Å². The first-order valence-corrected chi connectivity index (χ1v) is 12.4. The molecule has 0 unspecified atom stereocenters. The maximum atomic E-state index is 12.7. The second-order valence-corrected chi connectivity index (χ2v) is 10.0. The monoisotopic (exact) mass is 452 g/mol. The molecule has 3 fully saturated rings. The fourth-order valence-corrected chi connectivity index (χ4v) is 5.66. The van der Waals surface area contributed by atoms with E-state index < -0.39 is 0 Å². The second kappa shape index (κ2) is 8.18. The lowest BCUT2D eigenvalue weighted by molar-refractivity contribution is -0.138. The Morgan fingerprint density at radius 1 is 0.938 bits per heavy atom. The van der Waals surface area contributed by atoms with Crippen LogP contribution < -0.4 is 4.90 Å². The maximum absolute atomic E-state index is 12.7. The molecular weight excluding hydrogens is 424 g/mol. The van der Waals surface area contributed by atoms with E-state index in [9.17, 15) is 4.79 Å². The normalized spacial score (nSPS) is 20.8. The van der Waals surface area contributed by atoms with E-state index >= 15 is 0 Å². The van der Waals surface area contributed by atoms with E-state index in [0.29, 0.717) is 16.8 Å². The highest BCUT2D eigenvalue weighted by molar-refractivity contribution is 6.31. The molecule has 2 aliphatic carbocycles. The van der Waals surface area contributed by atoms with Crippen LogP contribution in [0.3, 0.4) is 0 Å². The number of piperazine rings is 1. The molecule has 1 saturated heterocycles. The molecule has 3 heterocycles. The first-order chi connectivity index (χ1) is 15.7. The van der Waals surface area contributed by atoms with Gasteiger partial charge in [-0.2, -0.15) is 0 Å². The zero-order valence-electron chi connectivity index (χ0n) is 18.3.